The number of carbonyl (C=O) groups excluding carboxylic acids is 2. The van der Waals surface area contributed by atoms with Crippen LogP contribution in [0.25, 0.3) is 16.8 Å². The van der Waals surface area contributed by atoms with E-state index >= 15 is 0 Å². The number of likely N-dealkylation sites (tertiary alicyclic amines) is 1. The van der Waals surface area contributed by atoms with Gasteiger partial charge in [-0.3, -0.25) is 14.0 Å². The molecular weight excluding hydrogens is 446 g/mol. The van der Waals surface area contributed by atoms with Gasteiger partial charge in [0.1, 0.15) is 29.1 Å². The summed E-state index contributed by atoms with van der Waals surface area (Å²) in [6.45, 7) is 2.28. The number of hydrogen-bond acceptors (Lipinski definition) is 7. The molecule has 1 saturated heterocycles. The first-order valence-electron chi connectivity index (χ1n) is 11.2. The quantitative estimate of drug-likeness (QED) is 0.438. The third-order valence-corrected chi connectivity index (χ3v) is 6.00. The minimum atomic E-state index is -0.310. The Balaban J connectivity index is 1.53. The molecule has 0 aliphatic carbocycles. The average molecular weight is 470 g/mol. The molecule has 0 radical (unpaired) electrons. The predicted molar refractivity (Wildman–Crippen MR) is 129 cm³/mol. The van der Waals surface area contributed by atoms with Gasteiger partial charge in [0.05, 0.1) is 6.04 Å². The molecule has 176 valence electrons. The summed E-state index contributed by atoms with van der Waals surface area (Å²) in [6.07, 6.45) is 7.49. The molecule has 1 aliphatic rings. The number of amides is 2. The highest BCUT2D eigenvalue weighted by Gasteiger charge is 2.32. The molecule has 3 aromatic heterocycles. The zero-order valence-electron chi connectivity index (χ0n) is 19.1. The molecule has 1 aliphatic heterocycles. The van der Waals surface area contributed by atoms with E-state index in [0.717, 1.165) is 24.8 Å². The van der Waals surface area contributed by atoms with Crippen LogP contribution in [-0.4, -0.2) is 42.8 Å². The normalized spacial score (nSPS) is 15.5. The Labute approximate surface area is 201 Å². The lowest BCUT2D eigenvalue weighted by molar-refractivity contribution is -0.129. The number of piperidine rings is 1. The molecule has 0 saturated carbocycles. The average Bonchev–Trinajstić information content (AvgIpc) is 3.53. The molecule has 10 nitrogen and oxygen atoms in total. The number of anilines is 2. The van der Waals surface area contributed by atoms with Crippen molar-refractivity contribution in [2.24, 2.45) is 0 Å². The van der Waals surface area contributed by atoms with Gasteiger partial charge >= 0.3 is 0 Å². The Kier molecular flexibility index (Phi) is 5.89. The summed E-state index contributed by atoms with van der Waals surface area (Å²) in [5.74, 6) is 6.22. The maximum Gasteiger partial charge on any atom is 0.299 e. The third-order valence-electron chi connectivity index (χ3n) is 6.00. The number of nitrogens with one attached hydrogen (secondary N) is 1. The predicted octanol–water partition coefficient (Wildman–Crippen LogP) is 3.30. The topological polar surface area (TPSA) is 132 Å². The van der Waals surface area contributed by atoms with Gasteiger partial charge in [-0.05, 0) is 44.2 Å². The van der Waals surface area contributed by atoms with E-state index in [4.69, 9.17) is 15.2 Å². The van der Waals surface area contributed by atoms with Crippen LogP contribution >= 0.6 is 0 Å². The maximum absolute atomic E-state index is 12.7. The molecule has 3 N–H and O–H groups in total. The molecule has 35 heavy (non-hydrogen) atoms. The molecule has 0 spiro atoms. The summed E-state index contributed by atoms with van der Waals surface area (Å²) in [7, 11) is 0. The van der Waals surface area contributed by atoms with Crippen LogP contribution in [0.1, 0.15) is 48.4 Å². The van der Waals surface area contributed by atoms with E-state index in [0.29, 0.717) is 40.8 Å². The van der Waals surface area contributed by atoms with Crippen molar-refractivity contribution < 1.29 is 14.1 Å². The van der Waals surface area contributed by atoms with Crippen molar-refractivity contribution in [2.75, 3.05) is 17.6 Å². The number of aromatic nitrogens is 4. The molecule has 0 bridgehead atoms. The highest BCUT2D eigenvalue weighted by molar-refractivity contribution is 6.04. The molecule has 1 fully saturated rings. The summed E-state index contributed by atoms with van der Waals surface area (Å²) in [4.78, 5) is 36.2. The van der Waals surface area contributed by atoms with Gasteiger partial charge in [0.15, 0.2) is 5.82 Å². The fraction of sp³-hybridized carbons (Fsp3) is 0.240. The van der Waals surface area contributed by atoms with Crippen LogP contribution < -0.4 is 11.1 Å². The van der Waals surface area contributed by atoms with E-state index in [9.17, 15) is 9.59 Å². The zero-order valence-corrected chi connectivity index (χ0v) is 19.1. The van der Waals surface area contributed by atoms with Crippen molar-refractivity contribution in [3.8, 4) is 23.1 Å². The molecule has 4 aromatic rings. The van der Waals surface area contributed by atoms with Gasteiger partial charge in [0.2, 0.25) is 0 Å². The summed E-state index contributed by atoms with van der Waals surface area (Å²) in [6, 6.07) is 8.36. The van der Waals surface area contributed by atoms with E-state index in [1.807, 2.05) is 16.5 Å². The van der Waals surface area contributed by atoms with Crippen molar-refractivity contribution >= 4 is 29.0 Å². The summed E-state index contributed by atoms with van der Waals surface area (Å²) in [5.41, 5.74) is 8.79. The van der Waals surface area contributed by atoms with Crippen molar-refractivity contribution in [1.29, 1.82) is 0 Å². The van der Waals surface area contributed by atoms with E-state index in [-0.39, 0.29) is 17.9 Å². The van der Waals surface area contributed by atoms with Crippen molar-refractivity contribution in [3.63, 3.8) is 0 Å². The zero-order chi connectivity index (χ0) is 24.4. The Morgan fingerprint density at radius 1 is 1.20 bits per heavy atom. The van der Waals surface area contributed by atoms with Gasteiger partial charge in [0, 0.05) is 36.1 Å². The van der Waals surface area contributed by atoms with Crippen LogP contribution in [0.15, 0.2) is 53.5 Å². The van der Waals surface area contributed by atoms with Crippen molar-refractivity contribution in [2.45, 2.75) is 32.2 Å². The van der Waals surface area contributed by atoms with Crippen LogP contribution in [0.5, 0.6) is 0 Å². The first kappa shape index (κ1) is 22.2. The highest BCUT2D eigenvalue weighted by Crippen LogP contribution is 2.35. The Morgan fingerprint density at radius 2 is 2.03 bits per heavy atom. The standard InChI is InChI=1S/C25H23N7O3/c1-2-5-20(33)31-13-4-3-6-18(31)24-29-21(22-23(26)27-12-14-32(22)24)16-7-9-17(10-8-16)25(34)28-19-11-15-35-30-19/h7-12,14-15,18H,3-4,6,13H2,1H3,(H2,26,27)(H,28,30,34)/t18-/m0/s1. The number of hydrogen-bond donors (Lipinski definition) is 2. The Bertz CT molecular complexity index is 1450. The van der Waals surface area contributed by atoms with Crippen LogP contribution in [0.4, 0.5) is 11.6 Å². The minimum absolute atomic E-state index is 0.208. The number of nitrogens with zero attached hydrogens (tertiary/aromatic N) is 5. The number of carbonyl (C=O) groups is 2. The third kappa shape index (κ3) is 4.19. The maximum atomic E-state index is 12.7. The van der Waals surface area contributed by atoms with E-state index in [1.54, 1.807) is 42.4 Å². The number of rotatable bonds is 4. The minimum Gasteiger partial charge on any atom is -0.382 e. The Morgan fingerprint density at radius 3 is 2.77 bits per heavy atom. The second kappa shape index (κ2) is 9.30. The number of nitrogen functional groups attached to an aromatic ring is 1. The lowest BCUT2D eigenvalue weighted by Gasteiger charge is -2.33. The summed E-state index contributed by atoms with van der Waals surface area (Å²) >= 11 is 0. The number of fused-ring (bicyclic) bond motifs is 1. The summed E-state index contributed by atoms with van der Waals surface area (Å²) in [5, 5.41) is 6.36. The lowest BCUT2D eigenvalue weighted by Crippen LogP contribution is -2.38. The summed E-state index contributed by atoms with van der Waals surface area (Å²) < 4.78 is 6.64. The van der Waals surface area contributed by atoms with Gasteiger partial charge in [-0.2, -0.15) is 0 Å². The fourth-order valence-electron chi connectivity index (χ4n) is 4.39. The number of benzene rings is 1. The first-order valence-corrected chi connectivity index (χ1v) is 11.2. The van der Waals surface area contributed by atoms with Crippen molar-refractivity contribution in [3.05, 3.63) is 60.4 Å². The van der Waals surface area contributed by atoms with Gasteiger partial charge in [-0.15, -0.1) is 0 Å². The van der Waals surface area contributed by atoms with Gasteiger partial charge in [0.25, 0.3) is 11.8 Å². The second-order valence-corrected chi connectivity index (χ2v) is 8.15. The molecule has 0 unspecified atom stereocenters. The Hall–Kier alpha value is -4.65. The van der Waals surface area contributed by atoms with Crippen LogP contribution in [-0.2, 0) is 4.79 Å². The van der Waals surface area contributed by atoms with E-state index < -0.39 is 0 Å². The lowest BCUT2D eigenvalue weighted by atomic mass is 10.0. The monoisotopic (exact) mass is 469 g/mol. The van der Waals surface area contributed by atoms with Crippen molar-refractivity contribution in [1.82, 2.24) is 24.4 Å². The molecule has 10 heteroatoms. The largest absolute Gasteiger partial charge is 0.382 e. The highest BCUT2D eigenvalue weighted by atomic mass is 16.5. The smallest absolute Gasteiger partial charge is 0.299 e. The molecule has 4 heterocycles. The second-order valence-electron chi connectivity index (χ2n) is 8.15. The van der Waals surface area contributed by atoms with Gasteiger partial charge in [-0.1, -0.05) is 23.2 Å². The van der Waals surface area contributed by atoms with Crippen LogP contribution in [0.3, 0.4) is 0 Å². The van der Waals surface area contributed by atoms with Gasteiger partial charge in [-0.25, -0.2) is 9.97 Å². The number of nitrogens with two attached hydrogens (primary N) is 1. The molecule has 2 amide bonds. The first-order chi connectivity index (χ1) is 17.1. The molecular formula is C25H23N7O3. The molecule has 1 atom stereocenters. The van der Waals surface area contributed by atoms with Crippen LogP contribution in [0, 0.1) is 11.8 Å². The molecule has 1 aromatic carbocycles. The van der Waals surface area contributed by atoms with Gasteiger partial charge < -0.3 is 20.5 Å². The van der Waals surface area contributed by atoms with Crippen LogP contribution in [0.2, 0.25) is 0 Å². The fourth-order valence-corrected chi connectivity index (χ4v) is 4.39. The molecule has 5 rings (SSSR count). The van der Waals surface area contributed by atoms with E-state index in [2.05, 4.69) is 27.3 Å². The number of imidazole rings is 1. The SMILES string of the molecule is CC#CC(=O)N1CCCC[C@H]1c1nc(-c2ccc(C(=O)Nc3ccon3)cc2)c2c(N)nccn12. The van der Waals surface area contributed by atoms with E-state index in [1.165, 1.54) is 6.26 Å².